The van der Waals surface area contributed by atoms with Gasteiger partial charge in [0.15, 0.2) is 0 Å². The molecule has 0 aliphatic heterocycles. The third kappa shape index (κ3) is 5.45. The number of hydrogen-bond acceptors (Lipinski definition) is 3. The normalized spacial score (nSPS) is 12.9. The van der Waals surface area contributed by atoms with E-state index in [1.54, 1.807) is 0 Å². The maximum absolute atomic E-state index is 8.37. The zero-order chi connectivity index (χ0) is 9.40. The molecule has 1 atom stereocenters. The summed E-state index contributed by atoms with van der Waals surface area (Å²) < 4.78 is 0. The fraction of sp³-hybridized carbons (Fsp3) is 0.889. The lowest BCUT2D eigenvalue weighted by atomic mass is 10.1. The first-order chi connectivity index (χ1) is 5.74. The molecule has 1 unspecified atom stereocenters. The Labute approximate surface area is 81.0 Å². The molecule has 0 N–H and O–H groups in total. The maximum Gasteiger partial charge on any atom is 0.0635 e. The van der Waals surface area contributed by atoms with Crippen LogP contribution in [0.5, 0.6) is 0 Å². The molecule has 0 rings (SSSR count). The topological polar surface area (TPSA) is 27.0 Å². The lowest BCUT2D eigenvalue weighted by molar-refractivity contribution is 0.291. The number of hydrogen-bond donors (Lipinski definition) is 1. The number of nitrogens with zero attached hydrogens (tertiary/aromatic N) is 2. The van der Waals surface area contributed by atoms with Gasteiger partial charge in [0.25, 0.3) is 0 Å². The van der Waals surface area contributed by atoms with Crippen molar-refractivity contribution in [3.63, 3.8) is 0 Å². The van der Waals surface area contributed by atoms with Crippen LogP contribution in [0.25, 0.3) is 0 Å². The first-order valence-electron chi connectivity index (χ1n) is 4.40. The summed E-state index contributed by atoms with van der Waals surface area (Å²) in [5.74, 6) is 1.60. The molecule has 0 saturated heterocycles. The Balaban J connectivity index is 3.52. The van der Waals surface area contributed by atoms with Gasteiger partial charge in [0.05, 0.1) is 6.07 Å². The quantitative estimate of drug-likeness (QED) is 0.640. The van der Waals surface area contributed by atoms with E-state index in [1.807, 2.05) is 0 Å². The van der Waals surface area contributed by atoms with Crippen molar-refractivity contribution in [3.05, 3.63) is 0 Å². The lowest BCUT2D eigenvalue weighted by Crippen LogP contribution is -2.27. The van der Waals surface area contributed by atoms with Gasteiger partial charge >= 0.3 is 0 Å². The first kappa shape index (κ1) is 11.8. The van der Waals surface area contributed by atoms with Crippen LogP contribution in [-0.4, -0.2) is 30.8 Å². The summed E-state index contributed by atoms with van der Waals surface area (Å²) in [5.41, 5.74) is 0. The van der Waals surface area contributed by atoms with Gasteiger partial charge in [-0.25, -0.2) is 0 Å². The van der Waals surface area contributed by atoms with Crippen LogP contribution in [-0.2, 0) is 0 Å². The van der Waals surface area contributed by atoms with E-state index in [1.165, 1.54) is 6.42 Å². The van der Waals surface area contributed by atoms with Crippen LogP contribution in [0.3, 0.4) is 0 Å². The average Bonchev–Trinajstić information content (AvgIpc) is 2.10. The van der Waals surface area contributed by atoms with Crippen LogP contribution < -0.4 is 0 Å². The van der Waals surface area contributed by atoms with Crippen molar-refractivity contribution >= 4 is 12.6 Å². The van der Waals surface area contributed by atoms with Crippen LogP contribution in [0.1, 0.15) is 19.8 Å². The molecule has 0 spiro atoms. The van der Waals surface area contributed by atoms with Crippen LogP contribution >= 0.6 is 12.6 Å². The highest BCUT2D eigenvalue weighted by molar-refractivity contribution is 7.80. The molecule has 0 aliphatic carbocycles. The van der Waals surface area contributed by atoms with Gasteiger partial charge in [-0.1, -0.05) is 13.3 Å². The second-order valence-electron chi connectivity index (χ2n) is 3.13. The highest BCUT2D eigenvalue weighted by Crippen LogP contribution is 2.06. The molecule has 12 heavy (non-hydrogen) atoms. The molecular formula is C9H18N2S. The molecule has 0 heterocycles. The van der Waals surface area contributed by atoms with Gasteiger partial charge in [0.1, 0.15) is 0 Å². The van der Waals surface area contributed by atoms with Gasteiger partial charge in [0.2, 0.25) is 0 Å². The van der Waals surface area contributed by atoms with Gasteiger partial charge in [-0.3, -0.25) is 0 Å². The van der Waals surface area contributed by atoms with Crippen LogP contribution in [0.15, 0.2) is 0 Å². The summed E-state index contributed by atoms with van der Waals surface area (Å²) in [6.07, 6.45) is 1.79. The minimum absolute atomic E-state index is 0.625. The van der Waals surface area contributed by atoms with E-state index in [2.05, 4.69) is 37.6 Å². The van der Waals surface area contributed by atoms with E-state index in [-0.39, 0.29) is 0 Å². The summed E-state index contributed by atoms with van der Waals surface area (Å²) >= 11 is 4.27. The molecule has 0 saturated carbocycles. The summed E-state index contributed by atoms with van der Waals surface area (Å²) in [4.78, 5) is 2.20. The molecule has 0 aromatic carbocycles. The summed E-state index contributed by atoms with van der Waals surface area (Å²) in [7, 11) is 2.06. The average molecular weight is 186 g/mol. The van der Waals surface area contributed by atoms with E-state index >= 15 is 0 Å². The van der Waals surface area contributed by atoms with Gasteiger partial charge < -0.3 is 4.90 Å². The molecule has 0 aromatic rings. The van der Waals surface area contributed by atoms with E-state index < -0.39 is 0 Å². The van der Waals surface area contributed by atoms with E-state index in [0.29, 0.717) is 12.3 Å². The molecule has 0 bridgehead atoms. The second kappa shape index (κ2) is 7.45. The summed E-state index contributed by atoms with van der Waals surface area (Å²) in [6, 6.07) is 2.15. The van der Waals surface area contributed by atoms with Crippen molar-refractivity contribution < 1.29 is 0 Å². The van der Waals surface area contributed by atoms with Crippen molar-refractivity contribution in [2.75, 3.05) is 25.9 Å². The third-order valence-corrected chi connectivity index (χ3v) is 2.53. The van der Waals surface area contributed by atoms with Crippen LogP contribution in [0.2, 0.25) is 0 Å². The van der Waals surface area contributed by atoms with Gasteiger partial charge in [0, 0.05) is 19.5 Å². The number of nitriles is 1. The van der Waals surface area contributed by atoms with E-state index in [4.69, 9.17) is 5.26 Å². The van der Waals surface area contributed by atoms with Gasteiger partial charge in [-0.2, -0.15) is 17.9 Å². The fourth-order valence-electron chi connectivity index (χ4n) is 1.09. The molecular weight excluding hydrogens is 168 g/mol. The smallest absolute Gasteiger partial charge is 0.0635 e. The lowest BCUT2D eigenvalue weighted by Gasteiger charge is -2.20. The molecule has 0 radical (unpaired) electrons. The van der Waals surface area contributed by atoms with Crippen LogP contribution in [0, 0.1) is 17.2 Å². The molecule has 0 amide bonds. The highest BCUT2D eigenvalue weighted by atomic mass is 32.1. The highest BCUT2D eigenvalue weighted by Gasteiger charge is 2.06. The van der Waals surface area contributed by atoms with E-state index in [0.717, 1.165) is 18.8 Å². The Morgan fingerprint density at radius 2 is 2.25 bits per heavy atom. The standard InChI is InChI=1S/C9H18N2S/c1-3-9(8-12)7-11(2)6-4-5-10/h9,12H,3-4,6-8H2,1-2H3. The predicted octanol–water partition coefficient (Wildman–Crippen LogP) is 1.79. The molecule has 2 nitrogen and oxygen atoms in total. The van der Waals surface area contributed by atoms with Crippen molar-refractivity contribution in [1.82, 2.24) is 4.90 Å². The second-order valence-corrected chi connectivity index (χ2v) is 3.49. The zero-order valence-corrected chi connectivity index (χ0v) is 8.85. The first-order valence-corrected chi connectivity index (χ1v) is 5.04. The number of rotatable bonds is 6. The Hall–Kier alpha value is -0.200. The minimum Gasteiger partial charge on any atom is -0.305 e. The maximum atomic E-state index is 8.37. The summed E-state index contributed by atoms with van der Waals surface area (Å²) in [5, 5.41) is 8.37. The third-order valence-electron chi connectivity index (χ3n) is 2.01. The Morgan fingerprint density at radius 1 is 1.58 bits per heavy atom. The van der Waals surface area contributed by atoms with Gasteiger partial charge in [-0.15, -0.1) is 0 Å². The summed E-state index contributed by atoms with van der Waals surface area (Å²) in [6.45, 7) is 4.11. The van der Waals surface area contributed by atoms with E-state index in [9.17, 15) is 0 Å². The fourth-order valence-corrected chi connectivity index (χ4v) is 1.46. The van der Waals surface area contributed by atoms with Crippen molar-refractivity contribution in [2.24, 2.45) is 5.92 Å². The van der Waals surface area contributed by atoms with Crippen LogP contribution in [0.4, 0.5) is 0 Å². The minimum atomic E-state index is 0.625. The monoisotopic (exact) mass is 186 g/mol. The van der Waals surface area contributed by atoms with Crippen molar-refractivity contribution in [3.8, 4) is 6.07 Å². The SMILES string of the molecule is CCC(CS)CN(C)CCC#N. The Kier molecular flexibility index (Phi) is 7.33. The predicted molar refractivity (Wildman–Crippen MR) is 55.4 cm³/mol. The number of thiol groups is 1. The molecule has 70 valence electrons. The van der Waals surface area contributed by atoms with Crippen molar-refractivity contribution in [1.29, 1.82) is 5.26 Å². The Bertz CT molecular complexity index is 138. The Morgan fingerprint density at radius 3 is 2.67 bits per heavy atom. The molecule has 0 fully saturated rings. The zero-order valence-electron chi connectivity index (χ0n) is 7.95. The molecule has 0 aromatic heterocycles. The van der Waals surface area contributed by atoms with Crippen molar-refractivity contribution in [2.45, 2.75) is 19.8 Å². The molecule has 0 aliphatic rings. The largest absolute Gasteiger partial charge is 0.305 e. The van der Waals surface area contributed by atoms with Gasteiger partial charge in [-0.05, 0) is 18.7 Å². The molecule has 3 heteroatoms.